The van der Waals surface area contributed by atoms with E-state index in [0.29, 0.717) is 17.2 Å². The molecule has 94 valence electrons. The summed E-state index contributed by atoms with van der Waals surface area (Å²) in [7, 11) is 1.46. The van der Waals surface area contributed by atoms with Crippen LogP contribution in [-0.4, -0.2) is 40.9 Å². The first-order chi connectivity index (χ1) is 8.06. The normalized spacial score (nSPS) is 12.1. The van der Waals surface area contributed by atoms with E-state index in [1.807, 2.05) is 5.38 Å². The number of ketones is 1. The number of hydrogen-bond donors (Lipinski definition) is 1. The summed E-state index contributed by atoms with van der Waals surface area (Å²) in [6.07, 6.45) is -0.392. The number of alkyl halides is 1. The summed E-state index contributed by atoms with van der Waals surface area (Å²) in [6.45, 7) is 0. The average molecular weight is 276 g/mol. The minimum atomic E-state index is -1.04. The molecule has 0 saturated heterocycles. The van der Waals surface area contributed by atoms with Gasteiger partial charge in [0.05, 0.1) is 4.88 Å². The highest BCUT2D eigenvalue weighted by Gasteiger charge is 2.22. The molecule has 0 aromatic carbocycles. The van der Waals surface area contributed by atoms with Crippen molar-refractivity contribution in [3.63, 3.8) is 0 Å². The van der Waals surface area contributed by atoms with Crippen LogP contribution in [0.25, 0.3) is 0 Å². The maximum Gasteiger partial charge on any atom is 0.407 e. The molecule has 1 atom stereocenters. The predicted molar refractivity (Wildman–Crippen MR) is 68.2 cm³/mol. The van der Waals surface area contributed by atoms with Crippen LogP contribution in [0.4, 0.5) is 4.79 Å². The molecule has 1 rings (SSSR count). The fourth-order valence-electron chi connectivity index (χ4n) is 1.47. The van der Waals surface area contributed by atoms with E-state index in [1.54, 1.807) is 12.1 Å². The summed E-state index contributed by atoms with van der Waals surface area (Å²) in [4.78, 5) is 24.5. The molecule has 1 aromatic heterocycles. The van der Waals surface area contributed by atoms with Crippen molar-refractivity contribution in [3.8, 4) is 0 Å². The molecule has 0 radical (unpaired) electrons. The molecule has 1 aromatic rings. The Labute approximate surface area is 109 Å². The van der Waals surface area contributed by atoms with Gasteiger partial charge in [-0.3, -0.25) is 4.79 Å². The van der Waals surface area contributed by atoms with Gasteiger partial charge in [0.1, 0.15) is 0 Å². The van der Waals surface area contributed by atoms with Crippen LogP contribution < -0.4 is 0 Å². The van der Waals surface area contributed by atoms with Crippen molar-refractivity contribution >= 4 is 34.8 Å². The summed E-state index contributed by atoms with van der Waals surface area (Å²) in [5, 5.41) is 10.7. The van der Waals surface area contributed by atoms with Crippen molar-refractivity contribution < 1.29 is 14.7 Å². The lowest BCUT2D eigenvalue weighted by Gasteiger charge is -2.24. The summed E-state index contributed by atoms with van der Waals surface area (Å²) in [5.74, 6) is 0.295. The number of hydrogen-bond acceptors (Lipinski definition) is 3. The molecule has 0 spiro atoms. The third-order valence-electron chi connectivity index (χ3n) is 2.51. The fourth-order valence-corrected chi connectivity index (χ4v) is 2.39. The third kappa shape index (κ3) is 4.02. The van der Waals surface area contributed by atoms with Crippen LogP contribution in [0.2, 0.25) is 0 Å². The molecule has 4 nitrogen and oxygen atoms in total. The molecular formula is C11H14ClNO3S. The molecule has 0 aliphatic heterocycles. The quantitative estimate of drug-likeness (QED) is 0.641. The fraction of sp³-hybridized carbons (Fsp3) is 0.455. The van der Waals surface area contributed by atoms with Gasteiger partial charge in [-0.15, -0.1) is 22.9 Å². The Morgan fingerprint density at radius 2 is 2.29 bits per heavy atom. The molecule has 0 fully saturated rings. The molecule has 1 heterocycles. The number of halogens is 1. The minimum Gasteiger partial charge on any atom is -0.465 e. The van der Waals surface area contributed by atoms with Crippen LogP contribution in [0.15, 0.2) is 17.5 Å². The van der Waals surface area contributed by atoms with Gasteiger partial charge in [0.25, 0.3) is 0 Å². The number of carboxylic acid groups (broad SMARTS) is 1. The van der Waals surface area contributed by atoms with Crippen molar-refractivity contribution in [2.24, 2.45) is 0 Å². The zero-order valence-corrected chi connectivity index (χ0v) is 11.0. The van der Waals surface area contributed by atoms with Gasteiger partial charge in [0.2, 0.25) is 0 Å². The molecule has 0 bridgehead atoms. The van der Waals surface area contributed by atoms with Crippen LogP contribution >= 0.6 is 22.9 Å². The molecule has 0 aliphatic carbocycles. The highest BCUT2D eigenvalue weighted by atomic mass is 35.5. The maximum absolute atomic E-state index is 11.9. The maximum atomic E-state index is 11.9. The largest absolute Gasteiger partial charge is 0.465 e. The van der Waals surface area contributed by atoms with E-state index in [0.717, 1.165) is 4.90 Å². The van der Waals surface area contributed by atoms with Gasteiger partial charge in [-0.25, -0.2) is 4.79 Å². The smallest absolute Gasteiger partial charge is 0.407 e. The molecule has 1 N–H and O–H groups in total. The first kappa shape index (κ1) is 14.0. The van der Waals surface area contributed by atoms with Gasteiger partial charge in [-0.2, -0.15) is 0 Å². The lowest BCUT2D eigenvalue weighted by atomic mass is 10.1. The van der Waals surface area contributed by atoms with Crippen molar-refractivity contribution in [2.45, 2.75) is 18.9 Å². The van der Waals surface area contributed by atoms with E-state index in [9.17, 15) is 9.59 Å². The highest BCUT2D eigenvalue weighted by molar-refractivity contribution is 7.12. The van der Waals surface area contributed by atoms with Crippen LogP contribution in [0.5, 0.6) is 0 Å². The van der Waals surface area contributed by atoms with Crippen molar-refractivity contribution in [1.29, 1.82) is 0 Å². The first-order valence-corrected chi connectivity index (χ1v) is 6.56. The Morgan fingerprint density at radius 1 is 1.59 bits per heavy atom. The Kier molecular flexibility index (Phi) is 5.44. The Bertz CT molecular complexity index is 380. The van der Waals surface area contributed by atoms with E-state index in [1.165, 1.54) is 18.4 Å². The number of amides is 1. The van der Waals surface area contributed by atoms with Gasteiger partial charge in [-0.1, -0.05) is 6.07 Å². The van der Waals surface area contributed by atoms with E-state index in [4.69, 9.17) is 16.7 Å². The van der Waals surface area contributed by atoms with Gasteiger partial charge in [-0.05, 0) is 17.9 Å². The second kappa shape index (κ2) is 6.61. The zero-order valence-electron chi connectivity index (χ0n) is 9.43. The van der Waals surface area contributed by atoms with Gasteiger partial charge in [0, 0.05) is 25.4 Å². The SMILES string of the molecule is CN(C(=O)O)C(CCCl)CC(=O)c1cccs1. The summed E-state index contributed by atoms with van der Waals surface area (Å²) in [6, 6.07) is 3.18. The second-order valence-corrected chi connectivity index (χ2v) is 4.96. The number of carbonyl (C=O) groups excluding carboxylic acids is 1. The van der Waals surface area contributed by atoms with Gasteiger partial charge < -0.3 is 10.0 Å². The van der Waals surface area contributed by atoms with Crippen molar-refractivity contribution in [3.05, 3.63) is 22.4 Å². The Balaban J connectivity index is 2.66. The lowest BCUT2D eigenvalue weighted by molar-refractivity contribution is 0.0926. The summed E-state index contributed by atoms with van der Waals surface area (Å²) in [5.41, 5.74) is 0. The monoisotopic (exact) mass is 275 g/mol. The number of nitrogens with zero attached hydrogens (tertiary/aromatic N) is 1. The molecule has 6 heteroatoms. The Hall–Kier alpha value is -1.07. The van der Waals surface area contributed by atoms with Gasteiger partial charge in [0.15, 0.2) is 5.78 Å². The first-order valence-electron chi connectivity index (χ1n) is 5.14. The highest BCUT2D eigenvalue weighted by Crippen LogP contribution is 2.16. The second-order valence-electron chi connectivity index (χ2n) is 3.63. The zero-order chi connectivity index (χ0) is 12.8. The third-order valence-corrected chi connectivity index (χ3v) is 3.64. The van der Waals surface area contributed by atoms with E-state index < -0.39 is 6.09 Å². The average Bonchev–Trinajstić information content (AvgIpc) is 2.80. The van der Waals surface area contributed by atoms with Crippen LogP contribution in [0.1, 0.15) is 22.5 Å². The van der Waals surface area contributed by atoms with Crippen LogP contribution in [0.3, 0.4) is 0 Å². The molecule has 1 unspecified atom stereocenters. The van der Waals surface area contributed by atoms with Crippen molar-refractivity contribution in [2.75, 3.05) is 12.9 Å². The molecule has 1 amide bonds. The standard InChI is InChI=1S/C11H14ClNO3S/c1-13(11(15)16)8(4-5-12)7-9(14)10-3-2-6-17-10/h2-3,6,8H,4-5,7H2,1H3,(H,15,16). The number of thiophene rings is 1. The van der Waals surface area contributed by atoms with Crippen molar-refractivity contribution in [1.82, 2.24) is 4.90 Å². The number of rotatable bonds is 6. The molecule has 0 aliphatic rings. The van der Waals surface area contributed by atoms with Crippen LogP contribution in [0, 0.1) is 0 Å². The lowest BCUT2D eigenvalue weighted by Crippen LogP contribution is -2.37. The topological polar surface area (TPSA) is 57.6 Å². The predicted octanol–water partition coefficient (Wildman–Crippen LogP) is 2.93. The summed E-state index contributed by atoms with van der Waals surface area (Å²) >= 11 is 6.99. The molecule has 0 saturated carbocycles. The number of carbonyl (C=O) groups is 2. The van der Waals surface area contributed by atoms with E-state index in [2.05, 4.69) is 0 Å². The number of Topliss-reactive ketones (excluding diaryl/α,β-unsaturated/α-hetero) is 1. The summed E-state index contributed by atoms with van der Waals surface area (Å²) < 4.78 is 0. The molecular weight excluding hydrogens is 262 g/mol. The van der Waals surface area contributed by atoms with Crippen LogP contribution in [-0.2, 0) is 0 Å². The van der Waals surface area contributed by atoms with Gasteiger partial charge >= 0.3 is 6.09 Å². The molecule has 17 heavy (non-hydrogen) atoms. The minimum absolute atomic E-state index is 0.0387. The van der Waals surface area contributed by atoms with E-state index >= 15 is 0 Å². The van der Waals surface area contributed by atoms with E-state index in [-0.39, 0.29) is 18.2 Å². The Morgan fingerprint density at radius 3 is 2.76 bits per heavy atom.